The molecule has 2 N–H and O–H groups in total. The fourth-order valence-electron chi connectivity index (χ4n) is 1.47. The number of benzene rings is 1. The molecule has 98 valence electrons. The van der Waals surface area contributed by atoms with Crippen molar-refractivity contribution in [3.05, 3.63) is 35.9 Å². The van der Waals surface area contributed by atoms with Gasteiger partial charge in [0, 0.05) is 6.61 Å². The van der Waals surface area contributed by atoms with Crippen LogP contribution in [-0.4, -0.2) is 36.2 Å². The molecule has 18 heavy (non-hydrogen) atoms. The number of carboxylic acids is 1. The van der Waals surface area contributed by atoms with Crippen LogP contribution < -0.4 is 5.32 Å². The Morgan fingerprint density at radius 3 is 2.56 bits per heavy atom. The maximum Gasteiger partial charge on any atom is 0.334 e. The lowest BCUT2D eigenvalue weighted by Gasteiger charge is -2.13. The summed E-state index contributed by atoms with van der Waals surface area (Å²) in [5.74, 6) is -1.29. The highest BCUT2D eigenvalue weighted by molar-refractivity contribution is 5.80. The minimum atomic E-state index is -1.07. The third kappa shape index (κ3) is 4.97. The van der Waals surface area contributed by atoms with Crippen molar-refractivity contribution in [2.24, 2.45) is 0 Å². The monoisotopic (exact) mass is 251 g/mol. The first-order valence-corrected chi connectivity index (χ1v) is 5.78. The van der Waals surface area contributed by atoms with Crippen molar-refractivity contribution in [2.75, 3.05) is 13.2 Å². The standard InChI is InChI=1S/C13H17NO4/c1-2-18-11(13(16)17)9-14-12(15)8-10-6-4-3-5-7-10/h3-7,11H,2,8-9H2,1H3,(H,14,15)(H,16,17). The summed E-state index contributed by atoms with van der Waals surface area (Å²) < 4.78 is 4.99. The molecule has 0 saturated heterocycles. The van der Waals surface area contributed by atoms with Gasteiger partial charge in [0.2, 0.25) is 5.91 Å². The van der Waals surface area contributed by atoms with Crippen LogP contribution in [0.25, 0.3) is 0 Å². The Labute approximate surface area is 106 Å². The summed E-state index contributed by atoms with van der Waals surface area (Å²) in [6.07, 6.45) is -0.756. The first kappa shape index (κ1) is 14.2. The molecule has 0 aliphatic heterocycles. The summed E-state index contributed by atoms with van der Waals surface area (Å²) in [7, 11) is 0. The van der Waals surface area contributed by atoms with Gasteiger partial charge in [0.1, 0.15) is 0 Å². The Kier molecular flexibility index (Phi) is 5.87. The van der Waals surface area contributed by atoms with E-state index in [1.54, 1.807) is 6.92 Å². The van der Waals surface area contributed by atoms with Crippen LogP contribution in [0.1, 0.15) is 12.5 Å². The zero-order chi connectivity index (χ0) is 13.4. The van der Waals surface area contributed by atoms with E-state index in [4.69, 9.17) is 9.84 Å². The molecule has 1 atom stereocenters. The van der Waals surface area contributed by atoms with Crippen molar-refractivity contribution in [2.45, 2.75) is 19.4 Å². The summed E-state index contributed by atoms with van der Waals surface area (Å²) in [5.41, 5.74) is 0.887. The molecule has 0 aliphatic rings. The number of amides is 1. The average molecular weight is 251 g/mol. The van der Waals surface area contributed by atoms with Gasteiger partial charge in [-0.15, -0.1) is 0 Å². The molecule has 1 unspecified atom stereocenters. The van der Waals surface area contributed by atoms with Crippen LogP contribution in [-0.2, 0) is 20.7 Å². The fraction of sp³-hybridized carbons (Fsp3) is 0.385. The van der Waals surface area contributed by atoms with Crippen molar-refractivity contribution >= 4 is 11.9 Å². The molecule has 1 rings (SSSR count). The number of rotatable bonds is 7. The van der Waals surface area contributed by atoms with Crippen LogP contribution in [0.15, 0.2) is 30.3 Å². The van der Waals surface area contributed by atoms with Gasteiger partial charge in [-0.05, 0) is 12.5 Å². The number of aliphatic carboxylic acids is 1. The molecule has 0 aromatic heterocycles. The molecule has 0 fully saturated rings. The molecule has 5 heteroatoms. The Morgan fingerprint density at radius 2 is 2.00 bits per heavy atom. The molecule has 0 aliphatic carbocycles. The Balaban J connectivity index is 2.38. The molecule has 0 spiro atoms. The van der Waals surface area contributed by atoms with Gasteiger partial charge in [0.15, 0.2) is 6.10 Å². The number of hydrogen-bond donors (Lipinski definition) is 2. The van der Waals surface area contributed by atoms with Crippen LogP contribution in [0.4, 0.5) is 0 Å². The normalized spacial score (nSPS) is 11.8. The molecule has 1 aromatic carbocycles. The Hall–Kier alpha value is -1.88. The highest BCUT2D eigenvalue weighted by Crippen LogP contribution is 1.99. The zero-order valence-electron chi connectivity index (χ0n) is 10.3. The van der Waals surface area contributed by atoms with Crippen LogP contribution in [0.3, 0.4) is 0 Å². The molecule has 0 heterocycles. The van der Waals surface area contributed by atoms with Crippen LogP contribution >= 0.6 is 0 Å². The minimum absolute atomic E-state index is 0.0190. The van der Waals surface area contributed by atoms with Crippen LogP contribution in [0.2, 0.25) is 0 Å². The maximum atomic E-state index is 11.6. The number of carboxylic acid groups (broad SMARTS) is 1. The molecule has 0 saturated carbocycles. The van der Waals surface area contributed by atoms with E-state index < -0.39 is 12.1 Å². The van der Waals surface area contributed by atoms with Crippen molar-refractivity contribution in [1.29, 1.82) is 0 Å². The van der Waals surface area contributed by atoms with E-state index >= 15 is 0 Å². The topological polar surface area (TPSA) is 75.6 Å². The highest BCUT2D eigenvalue weighted by Gasteiger charge is 2.18. The molecule has 0 radical (unpaired) electrons. The van der Waals surface area contributed by atoms with E-state index in [9.17, 15) is 9.59 Å². The van der Waals surface area contributed by atoms with E-state index in [2.05, 4.69) is 5.32 Å². The van der Waals surface area contributed by atoms with Crippen LogP contribution in [0, 0.1) is 0 Å². The second-order valence-electron chi connectivity index (χ2n) is 3.75. The molecule has 1 amide bonds. The lowest BCUT2D eigenvalue weighted by molar-refractivity contribution is -0.149. The first-order chi connectivity index (χ1) is 8.63. The summed E-state index contributed by atoms with van der Waals surface area (Å²) in [5, 5.41) is 11.4. The lowest BCUT2D eigenvalue weighted by Crippen LogP contribution is -2.39. The predicted molar refractivity (Wildman–Crippen MR) is 66.2 cm³/mol. The van der Waals surface area contributed by atoms with E-state index in [1.165, 1.54) is 0 Å². The number of carbonyl (C=O) groups is 2. The quantitative estimate of drug-likeness (QED) is 0.752. The Morgan fingerprint density at radius 1 is 1.33 bits per heavy atom. The Bertz CT molecular complexity index is 391. The summed E-state index contributed by atoms with van der Waals surface area (Å²) >= 11 is 0. The summed E-state index contributed by atoms with van der Waals surface area (Å²) in [6, 6.07) is 9.26. The van der Waals surface area contributed by atoms with Gasteiger partial charge in [-0.25, -0.2) is 4.79 Å². The smallest absolute Gasteiger partial charge is 0.334 e. The van der Waals surface area contributed by atoms with Crippen LogP contribution in [0.5, 0.6) is 0 Å². The van der Waals surface area contributed by atoms with E-state index in [-0.39, 0.29) is 18.9 Å². The summed E-state index contributed by atoms with van der Waals surface area (Å²) in [4.78, 5) is 22.4. The molecule has 0 bridgehead atoms. The number of nitrogens with one attached hydrogen (secondary N) is 1. The van der Waals surface area contributed by atoms with Gasteiger partial charge in [0.05, 0.1) is 13.0 Å². The molecular weight excluding hydrogens is 234 g/mol. The lowest BCUT2D eigenvalue weighted by atomic mass is 10.1. The van der Waals surface area contributed by atoms with Gasteiger partial charge in [0.25, 0.3) is 0 Å². The zero-order valence-corrected chi connectivity index (χ0v) is 10.3. The maximum absolute atomic E-state index is 11.6. The minimum Gasteiger partial charge on any atom is -0.479 e. The van der Waals surface area contributed by atoms with E-state index in [1.807, 2.05) is 30.3 Å². The van der Waals surface area contributed by atoms with Crippen molar-refractivity contribution in [1.82, 2.24) is 5.32 Å². The second-order valence-corrected chi connectivity index (χ2v) is 3.75. The third-order valence-electron chi connectivity index (χ3n) is 2.34. The second kappa shape index (κ2) is 7.45. The van der Waals surface area contributed by atoms with Crippen molar-refractivity contribution in [3.63, 3.8) is 0 Å². The number of hydrogen-bond acceptors (Lipinski definition) is 3. The SMILES string of the molecule is CCOC(CNC(=O)Cc1ccccc1)C(=O)O. The molecular formula is C13H17NO4. The largest absolute Gasteiger partial charge is 0.479 e. The van der Waals surface area contributed by atoms with Gasteiger partial charge in [-0.3, -0.25) is 4.79 Å². The van der Waals surface area contributed by atoms with E-state index in [0.29, 0.717) is 6.61 Å². The fourth-order valence-corrected chi connectivity index (χ4v) is 1.47. The predicted octanol–water partition coefficient (Wildman–Crippen LogP) is 0.835. The van der Waals surface area contributed by atoms with Gasteiger partial charge in [-0.2, -0.15) is 0 Å². The first-order valence-electron chi connectivity index (χ1n) is 5.78. The molecule has 5 nitrogen and oxygen atoms in total. The van der Waals surface area contributed by atoms with E-state index in [0.717, 1.165) is 5.56 Å². The van der Waals surface area contributed by atoms with Crippen molar-refractivity contribution in [3.8, 4) is 0 Å². The van der Waals surface area contributed by atoms with Gasteiger partial charge < -0.3 is 15.2 Å². The van der Waals surface area contributed by atoms with Gasteiger partial charge >= 0.3 is 5.97 Å². The third-order valence-corrected chi connectivity index (χ3v) is 2.34. The summed E-state index contributed by atoms with van der Waals surface area (Å²) in [6.45, 7) is 1.99. The number of ether oxygens (including phenoxy) is 1. The van der Waals surface area contributed by atoms with Gasteiger partial charge in [-0.1, -0.05) is 30.3 Å². The average Bonchev–Trinajstić information content (AvgIpc) is 2.35. The van der Waals surface area contributed by atoms with Crippen molar-refractivity contribution < 1.29 is 19.4 Å². The number of carbonyl (C=O) groups excluding carboxylic acids is 1. The molecule has 1 aromatic rings. The highest BCUT2D eigenvalue weighted by atomic mass is 16.5.